The number of carbonyl (C=O) groups excluding carboxylic acids is 1. The summed E-state index contributed by atoms with van der Waals surface area (Å²) in [7, 11) is 3.15. The lowest BCUT2D eigenvalue weighted by Crippen LogP contribution is -2.59. The van der Waals surface area contributed by atoms with Crippen molar-refractivity contribution in [3.8, 4) is 11.5 Å². The van der Waals surface area contributed by atoms with Crippen molar-refractivity contribution in [2.75, 3.05) is 33.9 Å². The summed E-state index contributed by atoms with van der Waals surface area (Å²) in [5.41, 5.74) is 3.57. The Kier molecular flexibility index (Phi) is 6.09. The number of nitrogens with zero attached hydrogens (tertiary/aromatic N) is 1. The molecule has 33 heavy (non-hydrogen) atoms. The van der Waals surface area contributed by atoms with Gasteiger partial charge in [0.1, 0.15) is 11.5 Å². The molecule has 2 fully saturated rings. The van der Waals surface area contributed by atoms with E-state index in [-0.39, 0.29) is 11.4 Å². The third-order valence-corrected chi connectivity index (χ3v) is 8.33. The van der Waals surface area contributed by atoms with Gasteiger partial charge in [-0.15, -0.1) is 0 Å². The Balaban J connectivity index is 1.36. The first-order valence-corrected chi connectivity index (χ1v) is 12.3. The van der Waals surface area contributed by atoms with E-state index in [9.17, 15) is 4.79 Å². The first-order chi connectivity index (χ1) is 16.0. The van der Waals surface area contributed by atoms with E-state index in [0.29, 0.717) is 24.1 Å². The second kappa shape index (κ2) is 9.02. The number of ether oxygens (including phenoxy) is 3. The Morgan fingerprint density at radius 3 is 2.55 bits per heavy atom. The molecule has 2 aromatic carbocycles. The molecule has 5 rings (SSSR count). The fourth-order valence-electron chi connectivity index (χ4n) is 6.16. The van der Waals surface area contributed by atoms with E-state index in [1.54, 1.807) is 19.2 Å². The van der Waals surface area contributed by atoms with Crippen molar-refractivity contribution in [1.29, 1.82) is 0 Å². The molecule has 1 aliphatic heterocycles. The van der Waals surface area contributed by atoms with E-state index >= 15 is 0 Å². The Morgan fingerprint density at radius 2 is 1.85 bits per heavy atom. The Hall–Kier alpha value is -2.53. The molecule has 2 aromatic rings. The summed E-state index contributed by atoms with van der Waals surface area (Å²) in [4.78, 5) is 14.5. The van der Waals surface area contributed by atoms with Crippen LogP contribution in [-0.2, 0) is 16.6 Å². The summed E-state index contributed by atoms with van der Waals surface area (Å²) in [6.45, 7) is 5.53. The standard InChI is InChI=1S/C28H35NO4/c1-19-26-16-22-8-11-24(31-2)17-25(22)28(19,12-14-29(26)18-20-4-5-20)13-15-33-23-9-6-21(7-10-23)27(30)32-3/h6-11,17,19-20,26H,4-5,12-16,18H2,1-3H3/t19-,26+,28+/m0/s1. The van der Waals surface area contributed by atoms with Gasteiger partial charge >= 0.3 is 5.97 Å². The molecular weight excluding hydrogens is 414 g/mol. The minimum Gasteiger partial charge on any atom is -0.497 e. The van der Waals surface area contributed by atoms with Crippen LogP contribution in [0.25, 0.3) is 0 Å². The minimum atomic E-state index is -0.328. The lowest BCUT2D eigenvalue weighted by atomic mass is 9.56. The van der Waals surface area contributed by atoms with E-state index in [1.807, 2.05) is 12.1 Å². The zero-order valence-electron chi connectivity index (χ0n) is 20.0. The quantitative estimate of drug-likeness (QED) is 0.539. The highest BCUT2D eigenvalue weighted by Crippen LogP contribution is 2.52. The van der Waals surface area contributed by atoms with Crippen LogP contribution in [0.3, 0.4) is 0 Å². The van der Waals surface area contributed by atoms with Crippen LogP contribution in [0.15, 0.2) is 42.5 Å². The zero-order chi connectivity index (χ0) is 23.0. The molecule has 0 radical (unpaired) electrons. The number of carbonyl (C=O) groups is 1. The van der Waals surface area contributed by atoms with Crippen molar-refractivity contribution in [2.45, 2.75) is 50.5 Å². The molecule has 0 unspecified atom stereocenters. The van der Waals surface area contributed by atoms with E-state index in [1.165, 1.54) is 37.6 Å². The second-order valence-electron chi connectivity index (χ2n) is 10.0. The van der Waals surface area contributed by atoms with Gasteiger partial charge in [0.25, 0.3) is 0 Å². The van der Waals surface area contributed by atoms with Crippen LogP contribution < -0.4 is 9.47 Å². The van der Waals surface area contributed by atoms with Gasteiger partial charge in [-0.2, -0.15) is 0 Å². The van der Waals surface area contributed by atoms with Gasteiger partial charge in [0.05, 0.1) is 26.4 Å². The number of hydrogen-bond acceptors (Lipinski definition) is 5. The number of methoxy groups -OCH3 is 2. The molecular formula is C28H35NO4. The van der Waals surface area contributed by atoms with Gasteiger partial charge in [0.15, 0.2) is 0 Å². The van der Waals surface area contributed by atoms with Gasteiger partial charge in [-0.25, -0.2) is 4.79 Å². The van der Waals surface area contributed by atoms with E-state index in [0.717, 1.165) is 43.2 Å². The average Bonchev–Trinajstić information content (AvgIpc) is 3.66. The molecule has 0 N–H and O–H groups in total. The van der Waals surface area contributed by atoms with E-state index in [2.05, 4.69) is 30.0 Å². The Bertz CT molecular complexity index is 999. The first-order valence-electron chi connectivity index (χ1n) is 12.3. The topological polar surface area (TPSA) is 48.0 Å². The predicted molar refractivity (Wildman–Crippen MR) is 128 cm³/mol. The van der Waals surface area contributed by atoms with Crippen LogP contribution in [0.2, 0.25) is 0 Å². The van der Waals surface area contributed by atoms with Crippen molar-refractivity contribution in [3.63, 3.8) is 0 Å². The van der Waals surface area contributed by atoms with Gasteiger partial charge < -0.3 is 14.2 Å². The van der Waals surface area contributed by atoms with Crippen molar-refractivity contribution in [2.24, 2.45) is 11.8 Å². The minimum absolute atomic E-state index is 0.0960. The number of esters is 1. The lowest BCUT2D eigenvalue weighted by Gasteiger charge is -2.56. The summed E-state index contributed by atoms with van der Waals surface area (Å²) in [6, 6.07) is 14.5. The highest BCUT2D eigenvalue weighted by molar-refractivity contribution is 5.89. The maximum atomic E-state index is 11.7. The molecule has 2 aliphatic carbocycles. The molecule has 3 aliphatic rings. The van der Waals surface area contributed by atoms with Gasteiger partial charge in [0.2, 0.25) is 0 Å². The third-order valence-electron chi connectivity index (χ3n) is 8.33. The summed E-state index contributed by atoms with van der Waals surface area (Å²) in [6.07, 6.45) is 6.06. The summed E-state index contributed by atoms with van der Waals surface area (Å²) < 4.78 is 16.6. The van der Waals surface area contributed by atoms with Crippen molar-refractivity contribution in [3.05, 3.63) is 59.2 Å². The number of piperidine rings is 1. The maximum absolute atomic E-state index is 11.7. The van der Waals surface area contributed by atoms with Crippen LogP contribution in [0, 0.1) is 11.8 Å². The number of rotatable bonds is 8. The van der Waals surface area contributed by atoms with Crippen LogP contribution >= 0.6 is 0 Å². The fourth-order valence-corrected chi connectivity index (χ4v) is 6.16. The Labute approximate surface area is 197 Å². The SMILES string of the molecule is COC(=O)c1ccc(OCC[C@@]23CCN(CC4CC4)[C@H](Cc4ccc(OC)cc42)[C@@H]3C)cc1. The summed E-state index contributed by atoms with van der Waals surface area (Å²) in [5, 5.41) is 0. The molecule has 0 aromatic heterocycles. The number of benzene rings is 2. The number of hydrogen-bond donors (Lipinski definition) is 0. The van der Waals surface area contributed by atoms with Crippen molar-refractivity contribution < 1.29 is 19.0 Å². The third kappa shape index (κ3) is 4.23. The molecule has 5 nitrogen and oxygen atoms in total. The first kappa shape index (κ1) is 22.3. The van der Waals surface area contributed by atoms with Crippen molar-refractivity contribution >= 4 is 5.97 Å². The molecule has 0 amide bonds. The van der Waals surface area contributed by atoms with Gasteiger partial charge in [-0.3, -0.25) is 4.90 Å². The number of fused-ring (bicyclic) bond motifs is 4. The normalized spacial score (nSPS) is 26.4. The molecule has 176 valence electrons. The largest absolute Gasteiger partial charge is 0.497 e. The molecule has 1 saturated carbocycles. The molecule has 2 bridgehead atoms. The maximum Gasteiger partial charge on any atom is 0.337 e. The van der Waals surface area contributed by atoms with Gasteiger partial charge in [0, 0.05) is 18.0 Å². The van der Waals surface area contributed by atoms with E-state index in [4.69, 9.17) is 14.2 Å². The Morgan fingerprint density at radius 1 is 1.09 bits per heavy atom. The lowest BCUT2D eigenvalue weighted by molar-refractivity contribution is 0.00988. The fraction of sp³-hybridized carbons (Fsp3) is 0.536. The summed E-state index contributed by atoms with van der Waals surface area (Å²) >= 11 is 0. The van der Waals surface area contributed by atoms with Crippen LogP contribution in [-0.4, -0.2) is 50.8 Å². The smallest absolute Gasteiger partial charge is 0.337 e. The molecule has 1 heterocycles. The van der Waals surface area contributed by atoms with Crippen LogP contribution in [0.4, 0.5) is 0 Å². The van der Waals surface area contributed by atoms with Crippen LogP contribution in [0.1, 0.15) is 54.1 Å². The molecule has 1 saturated heterocycles. The second-order valence-corrected chi connectivity index (χ2v) is 10.0. The van der Waals surface area contributed by atoms with E-state index < -0.39 is 0 Å². The highest BCUT2D eigenvalue weighted by Gasteiger charge is 2.51. The average molecular weight is 450 g/mol. The molecule has 3 atom stereocenters. The van der Waals surface area contributed by atoms with Crippen LogP contribution in [0.5, 0.6) is 11.5 Å². The summed E-state index contributed by atoms with van der Waals surface area (Å²) in [5.74, 6) is 2.88. The van der Waals surface area contributed by atoms with Crippen molar-refractivity contribution in [1.82, 2.24) is 4.90 Å². The zero-order valence-corrected chi connectivity index (χ0v) is 20.0. The highest BCUT2D eigenvalue weighted by atomic mass is 16.5. The predicted octanol–water partition coefficient (Wildman–Crippen LogP) is 4.87. The van der Waals surface area contributed by atoms with Gasteiger partial charge in [-0.1, -0.05) is 13.0 Å². The number of likely N-dealkylation sites (tertiary alicyclic amines) is 1. The molecule has 0 spiro atoms. The van der Waals surface area contributed by atoms with Gasteiger partial charge in [-0.05, 0) is 98.0 Å². The molecule has 5 heteroatoms. The monoisotopic (exact) mass is 449 g/mol.